The van der Waals surface area contributed by atoms with Crippen molar-refractivity contribution in [2.24, 2.45) is 0 Å². The molecule has 0 spiro atoms. The smallest absolute Gasteiger partial charge is 0.390 e. The number of hydrogen-bond donors (Lipinski definition) is 1. The van der Waals surface area contributed by atoms with E-state index in [1.807, 2.05) is 60.7 Å². The molecule has 0 amide bonds. The van der Waals surface area contributed by atoms with Gasteiger partial charge in [-0.05, 0) is 18.2 Å². The Morgan fingerprint density at radius 1 is 0.828 bits per heavy atom. The summed E-state index contributed by atoms with van der Waals surface area (Å²) in [5.41, 5.74) is 2.17. The van der Waals surface area contributed by atoms with Crippen molar-refractivity contribution in [3.05, 3.63) is 84.9 Å². The van der Waals surface area contributed by atoms with Crippen molar-refractivity contribution in [3.63, 3.8) is 0 Å². The molecule has 0 aliphatic rings. The van der Waals surface area contributed by atoms with Crippen molar-refractivity contribution in [2.45, 2.75) is 12.7 Å². The molecular formula is C23H18N2O4. The van der Waals surface area contributed by atoms with Crippen LogP contribution in [0.1, 0.15) is 6.92 Å². The van der Waals surface area contributed by atoms with Crippen LogP contribution in [0.3, 0.4) is 0 Å². The Morgan fingerprint density at radius 3 is 2.14 bits per heavy atom. The molecule has 0 saturated carbocycles. The van der Waals surface area contributed by atoms with E-state index in [4.69, 9.17) is 9.47 Å². The highest BCUT2D eigenvalue weighted by Crippen LogP contribution is 2.29. The molecule has 6 heteroatoms. The number of para-hydroxylation sites is 2. The standard InChI is InChI=1S/C23H18N2O4/c1-23(21(26)27,28-17-12-6-3-7-13-17)29-22-24-19-15-9-8-14-18(19)20(25-22)16-10-4-2-5-11-16/h2-15H,1H3,(H,26,27). The third-order valence-electron chi connectivity index (χ3n) is 4.36. The number of rotatable bonds is 6. The second-order valence-corrected chi connectivity index (χ2v) is 6.51. The molecule has 1 heterocycles. The summed E-state index contributed by atoms with van der Waals surface area (Å²) in [5.74, 6) is -2.93. The highest BCUT2D eigenvalue weighted by atomic mass is 16.7. The first-order chi connectivity index (χ1) is 14.0. The molecule has 0 aliphatic heterocycles. The summed E-state index contributed by atoms with van der Waals surface area (Å²) >= 11 is 0. The number of fused-ring (bicyclic) bond motifs is 1. The van der Waals surface area contributed by atoms with Gasteiger partial charge in [-0.3, -0.25) is 0 Å². The lowest BCUT2D eigenvalue weighted by Crippen LogP contribution is -2.47. The van der Waals surface area contributed by atoms with Crippen LogP contribution in [0.4, 0.5) is 0 Å². The van der Waals surface area contributed by atoms with Crippen LogP contribution in [-0.4, -0.2) is 26.8 Å². The van der Waals surface area contributed by atoms with Crippen LogP contribution in [0, 0.1) is 0 Å². The molecule has 0 bridgehead atoms. The molecule has 3 aromatic carbocycles. The summed E-state index contributed by atoms with van der Waals surface area (Å²) in [6.07, 6.45) is 0. The van der Waals surface area contributed by atoms with Crippen molar-refractivity contribution in [2.75, 3.05) is 0 Å². The van der Waals surface area contributed by atoms with Crippen LogP contribution in [-0.2, 0) is 4.79 Å². The van der Waals surface area contributed by atoms with E-state index >= 15 is 0 Å². The lowest BCUT2D eigenvalue weighted by molar-refractivity contribution is -0.182. The highest BCUT2D eigenvalue weighted by Gasteiger charge is 2.40. The molecule has 29 heavy (non-hydrogen) atoms. The van der Waals surface area contributed by atoms with Crippen molar-refractivity contribution < 1.29 is 19.4 Å². The average Bonchev–Trinajstić information content (AvgIpc) is 2.74. The number of carbonyl (C=O) groups is 1. The molecule has 0 aliphatic carbocycles. The first-order valence-electron chi connectivity index (χ1n) is 9.04. The Bertz CT molecular complexity index is 1150. The van der Waals surface area contributed by atoms with E-state index in [2.05, 4.69) is 9.97 Å². The van der Waals surface area contributed by atoms with E-state index in [1.165, 1.54) is 6.92 Å². The highest BCUT2D eigenvalue weighted by molar-refractivity contribution is 5.92. The quantitative estimate of drug-likeness (QED) is 0.490. The number of hydrogen-bond acceptors (Lipinski definition) is 5. The summed E-state index contributed by atoms with van der Waals surface area (Å²) in [4.78, 5) is 20.8. The summed E-state index contributed by atoms with van der Waals surface area (Å²) < 4.78 is 11.3. The maximum Gasteiger partial charge on any atom is 0.390 e. The van der Waals surface area contributed by atoms with Crippen molar-refractivity contribution in [1.29, 1.82) is 0 Å². The Hall–Kier alpha value is -3.93. The molecule has 1 atom stereocenters. The summed E-state index contributed by atoms with van der Waals surface area (Å²) in [6.45, 7) is 1.32. The van der Waals surface area contributed by atoms with Gasteiger partial charge in [0.2, 0.25) is 0 Å². The van der Waals surface area contributed by atoms with Crippen LogP contribution >= 0.6 is 0 Å². The van der Waals surface area contributed by atoms with E-state index in [0.29, 0.717) is 17.0 Å². The van der Waals surface area contributed by atoms with Crippen LogP contribution in [0.25, 0.3) is 22.2 Å². The fraction of sp³-hybridized carbons (Fsp3) is 0.0870. The second-order valence-electron chi connectivity index (χ2n) is 6.51. The SMILES string of the molecule is CC(Oc1ccccc1)(Oc1nc(-c2ccccc2)c2ccccc2n1)C(=O)O. The number of ether oxygens (including phenoxy) is 2. The van der Waals surface area contributed by atoms with Gasteiger partial charge in [0, 0.05) is 17.9 Å². The van der Waals surface area contributed by atoms with Crippen LogP contribution in [0.2, 0.25) is 0 Å². The minimum atomic E-state index is -2.00. The first kappa shape index (κ1) is 18.4. The zero-order valence-electron chi connectivity index (χ0n) is 15.6. The van der Waals surface area contributed by atoms with Gasteiger partial charge in [0.05, 0.1) is 11.2 Å². The number of aromatic nitrogens is 2. The number of aliphatic carboxylic acids is 1. The molecule has 6 nitrogen and oxygen atoms in total. The Balaban J connectivity index is 1.78. The minimum Gasteiger partial charge on any atom is -0.475 e. The number of carboxylic acid groups (broad SMARTS) is 1. The molecule has 1 aromatic heterocycles. The van der Waals surface area contributed by atoms with Crippen molar-refractivity contribution >= 4 is 16.9 Å². The summed E-state index contributed by atoms with van der Waals surface area (Å²) in [5, 5.41) is 10.6. The van der Waals surface area contributed by atoms with Crippen LogP contribution in [0.15, 0.2) is 84.9 Å². The zero-order chi connectivity index (χ0) is 20.3. The van der Waals surface area contributed by atoms with Gasteiger partial charge < -0.3 is 14.6 Å². The second kappa shape index (κ2) is 7.59. The maximum absolute atomic E-state index is 11.9. The fourth-order valence-electron chi connectivity index (χ4n) is 2.91. The number of nitrogens with zero attached hydrogens (tertiary/aromatic N) is 2. The monoisotopic (exact) mass is 386 g/mol. The summed E-state index contributed by atoms with van der Waals surface area (Å²) in [7, 11) is 0. The first-order valence-corrected chi connectivity index (χ1v) is 9.04. The van der Waals surface area contributed by atoms with Gasteiger partial charge in [-0.15, -0.1) is 0 Å². The van der Waals surface area contributed by atoms with E-state index in [-0.39, 0.29) is 6.01 Å². The molecule has 0 saturated heterocycles. The van der Waals surface area contributed by atoms with Crippen LogP contribution in [0.5, 0.6) is 11.8 Å². The third-order valence-corrected chi connectivity index (χ3v) is 4.36. The van der Waals surface area contributed by atoms with E-state index in [9.17, 15) is 9.90 Å². The molecule has 4 rings (SSSR count). The van der Waals surface area contributed by atoms with Gasteiger partial charge >= 0.3 is 17.8 Å². The Kier molecular flexibility index (Phi) is 4.83. The molecule has 144 valence electrons. The zero-order valence-corrected chi connectivity index (χ0v) is 15.6. The molecule has 1 N–H and O–H groups in total. The van der Waals surface area contributed by atoms with E-state index in [1.54, 1.807) is 24.3 Å². The minimum absolute atomic E-state index is 0.0802. The lowest BCUT2D eigenvalue weighted by atomic mass is 10.1. The van der Waals surface area contributed by atoms with Gasteiger partial charge in [0.25, 0.3) is 0 Å². The molecule has 0 fully saturated rings. The van der Waals surface area contributed by atoms with Gasteiger partial charge in [-0.25, -0.2) is 4.79 Å². The van der Waals surface area contributed by atoms with Gasteiger partial charge in [-0.2, -0.15) is 9.97 Å². The maximum atomic E-state index is 11.9. The Labute approximate surface area is 167 Å². The number of benzene rings is 3. The topological polar surface area (TPSA) is 81.5 Å². The third kappa shape index (κ3) is 3.87. The predicted molar refractivity (Wildman–Crippen MR) is 109 cm³/mol. The van der Waals surface area contributed by atoms with Crippen molar-refractivity contribution in [1.82, 2.24) is 9.97 Å². The summed E-state index contributed by atoms with van der Waals surface area (Å²) in [6, 6.07) is 25.6. The largest absolute Gasteiger partial charge is 0.475 e. The molecule has 1 unspecified atom stereocenters. The molecule has 4 aromatic rings. The fourth-order valence-corrected chi connectivity index (χ4v) is 2.91. The van der Waals surface area contributed by atoms with Gasteiger partial charge in [0.1, 0.15) is 5.75 Å². The van der Waals surface area contributed by atoms with Gasteiger partial charge in [0.15, 0.2) is 0 Å². The predicted octanol–water partition coefficient (Wildman–Crippen LogP) is 4.56. The van der Waals surface area contributed by atoms with Gasteiger partial charge in [-0.1, -0.05) is 66.7 Å². The molecular weight excluding hydrogens is 368 g/mol. The molecule has 0 radical (unpaired) electrons. The Morgan fingerprint density at radius 2 is 1.45 bits per heavy atom. The van der Waals surface area contributed by atoms with E-state index < -0.39 is 11.8 Å². The number of carboxylic acids is 1. The normalized spacial score (nSPS) is 12.9. The van der Waals surface area contributed by atoms with Crippen molar-refractivity contribution in [3.8, 4) is 23.0 Å². The van der Waals surface area contributed by atoms with E-state index in [0.717, 1.165) is 10.9 Å². The average molecular weight is 386 g/mol. The van der Waals surface area contributed by atoms with Crippen LogP contribution < -0.4 is 9.47 Å². The lowest BCUT2D eigenvalue weighted by Gasteiger charge is -2.26.